The molecule has 0 radical (unpaired) electrons. The number of hydrogen-bond donors (Lipinski definition) is 3. The normalized spacial score (nSPS) is 17.0. The van der Waals surface area contributed by atoms with Crippen LogP contribution >= 0.6 is 24.2 Å². The van der Waals surface area contributed by atoms with Gasteiger partial charge in [-0.3, -0.25) is 14.9 Å². The Kier molecular flexibility index (Phi) is 7.72. The van der Waals surface area contributed by atoms with Gasteiger partial charge in [-0.05, 0) is 30.2 Å². The second-order valence-electron chi connectivity index (χ2n) is 5.48. The number of anilines is 2. The molecule has 7 heteroatoms. The topological polar surface area (TPSA) is 70.2 Å². The quantitative estimate of drug-likeness (QED) is 0.768. The Hall–Kier alpha value is -1.24. The van der Waals surface area contributed by atoms with Crippen molar-refractivity contribution in [2.75, 3.05) is 22.3 Å². The van der Waals surface area contributed by atoms with Crippen LogP contribution in [0.3, 0.4) is 0 Å². The molecular formula is C15H22ClN3O2S. The molecule has 1 unspecified atom stereocenters. The minimum atomic E-state index is -0.125. The lowest BCUT2D eigenvalue weighted by molar-refractivity contribution is -0.118. The predicted molar refractivity (Wildman–Crippen MR) is 94.7 cm³/mol. The van der Waals surface area contributed by atoms with Gasteiger partial charge in [0.25, 0.3) is 0 Å². The number of rotatable bonds is 5. The van der Waals surface area contributed by atoms with Crippen LogP contribution in [-0.2, 0) is 9.59 Å². The van der Waals surface area contributed by atoms with Crippen LogP contribution in [-0.4, -0.2) is 29.5 Å². The third kappa shape index (κ3) is 5.87. The first kappa shape index (κ1) is 18.8. The van der Waals surface area contributed by atoms with E-state index in [1.807, 2.05) is 13.8 Å². The molecule has 1 aromatic rings. The van der Waals surface area contributed by atoms with Gasteiger partial charge in [-0.2, -0.15) is 0 Å². The molecule has 0 aliphatic carbocycles. The Morgan fingerprint density at radius 1 is 1.23 bits per heavy atom. The Morgan fingerprint density at radius 2 is 1.82 bits per heavy atom. The predicted octanol–water partition coefficient (Wildman–Crippen LogP) is 2.69. The summed E-state index contributed by atoms with van der Waals surface area (Å²) in [5, 5.41) is 8.84. The molecule has 2 amide bonds. The van der Waals surface area contributed by atoms with Crippen LogP contribution in [0.25, 0.3) is 0 Å². The molecule has 122 valence electrons. The van der Waals surface area contributed by atoms with Crippen molar-refractivity contribution >= 4 is 47.4 Å². The van der Waals surface area contributed by atoms with Gasteiger partial charge >= 0.3 is 0 Å². The van der Waals surface area contributed by atoms with Crippen molar-refractivity contribution in [2.45, 2.75) is 26.3 Å². The van der Waals surface area contributed by atoms with E-state index in [0.29, 0.717) is 12.3 Å². The maximum Gasteiger partial charge on any atom is 0.242 e. The Morgan fingerprint density at radius 3 is 2.32 bits per heavy atom. The van der Waals surface area contributed by atoms with Crippen molar-refractivity contribution in [3.05, 3.63) is 24.3 Å². The summed E-state index contributed by atoms with van der Waals surface area (Å²) in [7, 11) is 0. The number of carbonyl (C=O) groups excluding carboxylic acids is 2. The van der Waals surface area contributed by atoms with Crippen LogP contribution in [0.5, 0.6) is 0 Å². The molecule has 1 saturated heterocycles. The molecule has 0 saturated carbocycles. The van der Waals surface area contributed by atoms with Crippen molar-refractivity contribution in [3.63, 3.8) is 0 Å². The lowest BCUT2D eigenvalue weighted by Gasteiger charge is -2.11. The van der Waals surface area contributed by atoms with Crippen molar-refractivity contribution in [1.29, 1.82) is 0 Å². The summed E-state index contributed by atoms with van der Waals surface area (Å²) in [6, 6.07) is 7.06. The van der Waals surface area contributed by atoms with E-state index in [1.54, 1.807) is 36.0 Å². The van der Waals surface area contributed by atoms with Crippen LogP contribution < -0.4 is 16.0 Å². The first-order valence-corrected chi connectivity index (χ1v) is 8.22. The highest BCUT2D eigenvalue weighted by atomic mass is 35.5. The first-order valence-electron chi connectivity index (χ1n) is 7.06. The fraction of sp³-hybridized carbons (Fsp3) is 0.467. The van der Waals surface area contributed by atoms with Gasteiger partial charge in [-0.15, -0.1) is 24.2 Å². The highest BCUT2D eigenvalue weighted by molar-refractivity contribution is 7.99. The fourth-order valence-electron chi connectivity index (χ4n) is 2.01. The molecule has 1 atom stereocenters. The van der Waals surface area contributed by atoms with Crippen molar-refractivity contribution in [3.8, 4) is 0 Å². The van der Waals surface area contributed by atoms with Gasteiger partial charge in [0.1, 0.15) is 0 Å². The van der Waals surface area contributed by atoms with Gasteiger partial charge in [0, 0.05) is 29.4 Å². The minimum absolute atomic E-state index is 0. The maximum absolute atomic E-state index is 11.9. The number of hydrogen-bond acceptors (Lipinski definition) is 4. The third-order valence-corrected chi connectivity index (χ3v) is 4.00. The van der Waals surface area contributed by atoms with Crippen LogP contribution in [0.4, 0.5) is 11.4 Å². The first-order chi connectivity index (χ1) is 10.0. The number of carbonyl (C=O) groups is 2. The van der Waals surface area contributed by atoms with Crippen molar-refractivity contribution < 1.29 is 9.59 Å². The largest absolute Gasteiger partial charge is 0.326 e. The summed E-state index contributed by atoms with van der Waals surface area (Å²) in [6.07, 6.45) is 0.503. The zero-order valence-corrected chi connectivity index (χ0v) is 14.4. The third-order valence-electron chi connectivity index (χ3n) is 3.06. The number of thioether (sulfide) groups is 1. The molecule has 3 N–H and O–H groups in total. The van der Waals surface area contributed by atoms with Gasteiger partial charge in [0.2, 0.25) is 11.8 Å². The molecule has 1 aliphatic rings. The minimum Gasteiger partial charge on any atom is -0.326 e. The average Bonchev–Trinajstić information content (AvgIpc) is 2.94. The molecule has 2 rings (SSSR count). The van der Waals surface area contributed by atoms with E-state index in [2.05, 4.69) is 16.0 Å². The van der Waals surface area contributed by atoms with Crippen LogP contribution in [0.15, 0.2) is 24.3 Å². The van der Waals surface area contributed by atoms with E-state index >= 15 is 0 Å². The summed E-state index contributed by atoms with van der Waals surface area (Å²) in [4.78, 5) is 23.6. The Labute approximate surface area is 141 Å². The van der Waals surface area contributed by atoms with E-state index in [4.69, 9.17) is 0 Å². The zero-order chi connectivity index (χ0) is 15.2. The zero-order valence-electron chi connectivity index (χ0n) is 12.7. The highest BCUT2D eigenvalue weighted by Crippen LogP contribution is 2.16. The molecule has 1 aromatic carbocycles. The van der Waals surface area contributed by atoms with E-state index in [9.17, 15) is 9.59 Å². The SMILES string of the molecule is CC(C)CC(=O)Nc1ccc(NC(=O)C2CSCN2)cc1.Cl. The highest BCUT2D eigenvalue weighted by Gasteiger charge is 2.22. The van der Waals surface area contributed by atoms with Gasteiger partial charge in [0.05, 0.1) is 6.04 Å². The van der Waals surface area contributed by atoms with E-state index < -0.39 is 0 Å². The summed E-state index contributed by atoms with van der Waals surface area (Å²) < 4.78 is 0. The molecule has 22 heavy (non-hydrogen) atoms. The fourth-order valence-corrected chi connectivity index (χ4v) is 2.95. The number of amides is 2. The van der Waals surface area contributed by atoms with Crippen LogP contribution in [0.2, 0.25) is 0 Å². The summed E-state index contributed by atoms with van der Waals surface area (Å²) >= 11 is 1.72. The average molecular weight is 344 g/mol. The van der Waals surface area contributed by atoms with E-state index in [-0.39, 0.29) is 30.3 Å². The number of halogens is 1. The summed E-state index contributed by atoms with van der Waals surface area (Å²) in [6.45, 7) is 4.01. The number of benzene rings is 1. The number of nitrogens with one attached hydrogen (secondary N) is 3. The maximum atomic E-state index is 11.9. The van der Waals surface area contributed by atoms with Gasteiger partial charge < -0.3 is 10.6 Å². The molecular weight excluding hydrogens is 322 g/mol. The standard InChI is InChI=1S/C15H21N3O2S.ClH/c1-10(2)7-14(19)17-11-3-5-12(6-4-11)18-15(20)13-8-21-9-16-13;/h3-6,10,13,16H,7-9H2,1-2H3,(H,17,19)(H,18,20);1H. The second-order valence-corrected chi connectivity index (χ2v) is 6.51. The van der Waals surface area contributed by atoms with E-state index in [1.165, 1.54) is 0 Å². The molecule has 1 fully saturated rings. The Bertz CT molecular complexity index is 502. The molecule has 0 aromatic heterocycles. The second kappa shape index (κ2) is 9.02. The lowest BCUT2D eigenvalue weighted by atomic mass is 10.1. The monoisotopic (exact) mass is 343 g/mol. The van der Waals surface area contributed by atoms with Crippen LogP contribution in [0.1, 0.15) is 20.3 Å². The van der Waals surface area contributed by atoms with Crippen LogP contribution in [0, 0.1) is 5.92 Å². The van der Waals surface area contributed by atoms with Crippen molar-refractivity contribution in [2.24, 2.45) is 5.92 Å². The van der Waals surface area contributed by atoms with Crippen molar-refractivity contribution in [1.82, 2.24) is 5.32 Å². The summed E-state index contributed by atoms with van der Waals surface area (Å²) in [5.41, 5.74) is 1.48. The molecule has 1 aliphatic heterocycles. The molecule has 0 spiro atoms. The Balaban J connectivity index is 0.00000242. The lowest BCUT2D eigenvalue weighted by Crippen LogP contribution is -2.37. The molecule has 5 nitrogen and oxygen atoms in total. The smallest absolute Gasteiger partial charge is 0.242 e. The van der Waals surface area contributed by atoms with Gasteiger partial charge in [0.15, 0.2) is 0 Å². The summed E-state index contributed by atoms with van der Waals surface area (Å²) in [5.74, 6) is 1.94. The molecule has 1 heterocycles. The molecule has 0 bridgehead atoms. The van der Waals surface area contributed by atoms with E-state index in [0.717, 1.165) is 23.0 Å². The van der Waals surface area contributed by atoms with Gasteiger partial charge in [-0.25, -0.2) is 0 Å². The van der Waals surface area contributed by atoms with Gasteiger partial charge in [-0.1, -0.05) is 13.8 Å².